The number of methoxy groups -OCH3 is 1. The summed E-state index contributed by atoms with van der Waals surface area (Å²) in [5.74, 6) is 2.91. The molecule has 0 saturated carbocycles. The lowest BCUT2D eigenvalue weighted by Crippen LogP contribution is -2.24. The van der Waals surface area contributed by atoms with Gasteiger partial charge in [0.1, 0.15) is 17.2 Å². The molecule has 2 heterocycles. The molecule has 0 aliphatic carbocycles. The number of ether oxygens (including phenoxy) is 2. The Bertz CT molecular complexity index is 1270. The van der Waals surface area contributed by atoms with Gasteiger partial charge in [0, 0.05) is 29.2 Å². The average molecular weight is 462 g/mol. The Morgan fingerprint density at radius 3 is 2.39 bits per heavy atom. The molecule has 7 nitrogen and oxygen atoms in total. The molecule has 0 spiro atoms. The zero-order valence-electron chi connectivity index (χ0n) is 17.8. The number of hydrogen-bond acceptors (Lipinski definition) is 6. The van der Waals surface area contributed by atoms with Crippen LogP contribution in [-0.2, 0) is 4.79 Å². The fourth-order valence-corrected chi connectivity index (χ4v) is 3.92. The Balaban J connectivity index is 1.27. The second-order valence-corrected chi connectivity index (χ2v) is 8.08. The average Bonchev–Trinajstić information content (AvgIpc) is 3.47. The van der Waals surface area contributed by atoms with Crippen molar-refractivity contribution in [1.82, 2.24) is 10.1 Å². The van der Waals surface area contributed by atoms with Crippen LogP contribution in [0.4, 0.5) is 5.69 Å². The van der Waals surface area contributed by atoms with Gasteiger partial charge in [0.15, 0.2) is 0 Å². The summed E-state index contributed by atoms with van der Waals surface area (Å²) in [6.45, 7) is 0.468. The largest absolute Gasteiger partial charge is 0.497 e. The smallest absolute Gasteiger partial charge is 0.232 e. The Kier molecular flexibility index (Phi) is 5.71. The van der Waals surface area contributed by atoms with E-state index in [9.17, 15) is 4.79 Å². The Labute approximate surface area is 195 Å². The first-order valence-electron chi connectivity index (χ1n) is 10.4. The van der Waals surface area contributed by atoms with Gasteiger partial charge in [-0.25, -0.2) is 0 Å². The van der Waals surface area contributed by atoms with Crippen molar-refractivity contribution < 1.29 is 18.8 Å². The topological polar surface area (TPSA) is 77.7 Å². The number of carbonyl (C=O) groups excluding carboxylic acids is 1. The van der Waals surface area contributed by atoms with E-state index in [1.54, 1.807) is 24.1 Å². The molecule has 1 aromatic heterocycles. The van der Waals surface area contributed by atoms with Crippen LogP contribution >= 0.6 is 11.6 Å². The number of halogens is 1. The van der Waals surface area contributed by atoms with E-state index in [0.717, 1.165) is 17.0 Å². The molecule has 0 radical (unpaired) electrons. The summed E-state index contributed by atoms with van der Waals surface area (Å²) in [7, 11) is 1.62. The molecule has 0 bridgehead atoms. The lowest BCUT2D eigenvalue weighted by atomic mass is 10.1. The summed E-state index contributed by atoms with van der Waals surface area (Å²) >= 11 is 6.07. The van der Waals surface area contributed by atoms with Crippen LogP contribution in [-0.4, -0.2) is 29.7 Å². The Morgan fingerprint density at radius 2 is 1.70 bits per heavy atom. The maximum atomic E-state index is 12.5. The monoisotopic (exact) mass is 461 g/mol. The number of aromatic nitrogens is 2. The van der Waals surface area contributed by atoms with Crippen LogP contribution in [0.25, 0.3) is 11.4 Å². The first kappa shape index (κ1) is 21.0. The van der Waals surface area contributed by atoms with Crippen LogP contribution in [0.3, 0.4) is 0 Å². The number of nitrogens with zero attached hydrogens (tertiary/aromatic N) is 3. The molecule has 5 rings (SSSR count). The fraction of sp³-hybridized carbons (Fsp3) is 0.160. The molecule has 0 unspecified atom stereocenters. The molecular weight excluding hydrogens is 442 g/mol. The van der Waals surface area contributed by atoms with Crippen molar-refractivity contribution in [2.45, 2.75) is 12.3 Å². The third kappa shape index (κ3) is 4.54. The number of rotatable bonds is 6. The van der Waals surface area contributed by atoms with Gasteiger partial charge in [-0.15, -0.1) is 0 Å². The maximum absolute atomic E-state index is 12.5. The molecule has 1 aliphatic rings. The molecule has 166 valence electrons. The number of anilines is 1. The van der Waals surface area contributed by atoms with Crippen LogP contribution < -0.4 is 14.4 Å². The van der Waals surface area contributed by atoms with Gasteiger partial charge in [0.05, 0.1) is 13.0 Å². The van der Waals surface area contributed by atoms with Crippen molar-refractivity contribution in [3.8, 4) is 28.6 Å². The molecule has 1 amide bonds. The van der Waals surface area contributed by atoms with Crippen LogP contribution in [0.2, 0.25) is 5.02 Å². The van der Waals surface area contributed by atoms with E-state index < -0.39 is 0 Å². The van der Waals surface area contributed by atoms with E-state index in [1.165, 1.54) is 0 Å². The summed E-state index contributed by atoms with van der Waals surface area (Å²) < 4.78 is 16.5. The molecule has 1 atom stereocenters. The molecule has 33 heavy (non-hydrogen) atoms. The van der Waals surface area contributed by atoms with Gasteiger partial charge in [-0.3, -0.25) is 4.79 Å². The molecule has 1 saturated heterocycles. The summed E-state index contributed by atoms with van der Waals surface area (Å²) in [6, 6.07) is 22.0. The van der Waals surface area contributed by atoms with E-state index in [4.69, 9.17) is 25.6 Å². The number of benzene rings is 3. The molecule has 8 heteroatoms. The highest BCUT2D eigenvalue weighted by atomic mass is 35.5. The quantitative estimate of drug-likeness (QED) is 0.366. The van der Waals surface area contributed by atoms with E-state index >= 15 is 0 Å². The second-order valence-electron chi connectivity index (χ2n) is 7.64. The highest BCUT2D eigenvalue weighted by Crippen LogP contribution is 2.33. The van der Waals surface area contributed by atoms with Crippen molar-refractivity contribution >= 4 is 23.2 Å². The van der Waals surface area contributed by atoms with E-state index in [-0.39, 0.29) is 11.8 Å². The lowest BCUT2D eigenvalue weighted by Gasteiger charge is -2.16. The molecule has 4 aromatic rings. The van der Waals surface area contributed by atoms with Crippen molar-refractivity contribution in [3.05, 3.63) is 83.7 Å². The summed E-state index contributed by atoms with van der Waals surface area (Å²) in [5.41, 5.74) is 1.56. The van der Waals surface area contributed by atoms with Crippen molar-refractivity contribution in [3.63, 3.8) is 0 Å². The Morgan fingerprint density at radius 1 is 1.00 bits per heavy atom. The van der Waals surface area contributed by atoms with E-state index in [0.29, 0.717) is 41.2 Å². The second kappa shape index (κ2) is 8.96. The summed E-state index contributed by atoms with van der Waals surface area (Å²) in [4.78, 5) is 18.8. The predicted octanol–water partition coefficient (Wildman–Crippen LogP) is 5.71. The third-order valence-corrected chi connectivity index (χ3v) is 5.68. The molecule has 1 aliphatic heterocycles. The Hall–Kier alpha value is -3.84. The lowest BCUT2D eigenvalue weighted by molar-refractivity contribution is -0.117. The number of carbonyl (C=O) groups is 1. The molecular formula is C25H20ClN3O4. The van der Waals surface area contributed by atoms with Gasteiger partial charge in [-0.1, -0.05) is 22.8 Å². The highest BCUT2D eigenvalue weighted by Gasteiger charge is 2.35. The normalized spacial score (nSPS) is 15.6. The summed E-state index contributed by atoms with van der Waals surface area (Å²) in [6.07, 6.45) is 0.308. The van der Waals surface area contributed by atoms with Crippen LogP contribution in [0.5, 0.6) is 17.2 Å². The minimum atomic E-state index is -0.171. The maximum Gasteiger partial charge on any atom is 0.232 e. The first-order chi connectivity index (χ1) is 16.1. The fourth-order valence-electron chi connectivity index (χ4n) is 3.74. The summed E-state index contributed by atoms with van der Waals surface area (Å²) in [5, 5.41) is 4.70. The molecule has 0 N–H and O–H groups in total. The van der Waals surface area contributed by atoms with E-state index in [1.807, 2.05) is 60.7 Å². The first-order valence-corrected chi connectivity index (χ1v) is 10.8. The minimum Gasteiger partial charge on any atom is -0.497 e. The van der Waals surface area contributed by atoms with Crippen LogP contribution in [0.15, 0.2) is 77.3 Å². The zero-order chi connectivity index (χ0) is 22.8. The molecule has 3 aromatic carbocycles. The standard InChI is InChI=1S/C25H20ClN3O4/c1-31-20-9-11-22(12-10-20)32-21-7-5-16(6-8-21)24-27-25(33-28-24)17-13-23(30)29(15-17)19-4-2-3-18(26)14-19/h2-12,14,17H,13,15H2,1H3/t17-/m0/s1. The van der Waals surface area contributed by atoms with Crippen molar-refractivity contribution in [2.75, 3.05) is 18.6 Å². The van der Waals surface area contributed by atoms with Crippen molar-refractivity contribution in [2.24, 2.45) is 0 Å². The van der Waals surface area contributed by atoms with Gasteiger partial charge in [-0.05, 0) is 66.7 Å². The zero-order valence-corrected chi connectivity index (χ0v) is 18.5. The van der Waals surface area contributed by atoms with Crippen LogP contribution in [0.1, 0.15) is 18.2 Å². The van der Waals surface area contributed by atoms with Gasteiger partial charge >= 0.3 is 0 Å². The van der Waals surface area contributed by atoms with Gasteiger partial charge in [0.25, 0.3) is 0 Å². The van der Waals surface area contributed by atoms with Crippen molar-refractivity contribution in [1.29, 1.82) is 0 Å². The highest BCUT2D eigenvalue weighted by molar-refractivity contribution is 6.30. The number of hydrogen-bond donors (Lipinski definition) is 0. The van der Waals surface area contributed by atoms with Gasteiger partial charge < -0.3 is 18.9 Å². The van der Waals surface area contributed by atoms with E-state index in [2.05, 4.69) is 10.1 Å². The van der Waals surface area contributed by atoms with Gasteiger partial charge in [-0.2, -0.15) is 4.98 Å². The van der Waals surface area contributed by atoms with Gasteiger partial charge in [0.2, 0.25) is 17.6 Å². The van der Waals surface area contributed by atoms with Crippen LogP contribution in [0, 0.1) is 0 Å². The number of amides is 1. The minimum absolute atomic E-state index is 0.00190. The predicted molar refractivity (Wildman–Crippen MR) is 124 cm³/mol. The third-order valence-electron chi connectivity index (χ3n) is 5.44. The molecule has 1 fully saturated rings. The SMILES string of the molecule is COc1ccc(Oc2ccc(-c3noc([C@H]4CC(=O)N(c5cccc(Cl)c5)C4)n3)cc2)cc1.